The molecule has 1 saturated carbocycles. The number of halogens is 1. The summed E-state index contributed by atoms with van der Waals surface area (Å²) in [6.07, 6.45) is 5.31. The van der Waals surface area contributed by atoms with Gasteiger partial charge in [-0.1, -0.05) is 31.0 Å². The molecule has 4 rings (SSSR count). The van der Waals surface area contributed by atoms with Crippen LogP contribution in [0.4, 0.5) is 4.39 Å². The third kappa shape index (κ3) is 4.09. The molecule has 2 heterocycles. The van der Waals surface area contributed by atoms with Crippen molar-refractivity contribution >= 4 is 0 Å². The van der Waals surface area contributed by atoms with E-state index in [1.165, 1.54) is 31.7 Å². The van der Waals surface area contributed by atoms with Crippen LogP contribution in [0.1, 0.15) is 43.1 Å². The molecule has 2 aliphatic rings. The first-order chi connectivity index (χ1) is 13.8. The number of hydrogen-bond donors (Lipinski definition) is 0. The molecule has 28 heavy (non-hydrogen) atoms. The molecule has 1 unspecified atom stereocenters. The van der Waals surface area contributed by atoms with Gasteiger partial charge in [0.1, 0.15) is 11.9 Å². The van der Waals surface area contributed by atoms with E-state index in [4.69, 9.17) is 4.74 Å². The SMILES string of the molecule is COCCn1nnnc1C(c1ccccc1F)N1CCN(C2CCCC2)CC1. The Morgan fingerprint density at radius 2 is 1.89 bits per heavy atom. The fourth-order valence-corrected chi connectivity index (χ4v) is 4.57. The molecule has 1 aliphatic heterocycles. The van der Waals surface area contributed by atoms with E-state index in [1.807, 2.05) is 12.1 Å². The Bertz CT molecular complexity index is 755. The Morgan fingerprint density at radius 1 is 1.14 bits per heavy atom. The quantitative estimate of drug-likeness (QED) is 0.724. The van der Waals surface area contributed by atoms with Gasteiger partial charge in [-0.15, -0.1) is 5.10 Å². The Labute approximate surface area is 165 Å². The van der Waals surface area contributed by atoms with E-state index in [0.29, 0.717) is 24.5 Å². The van der Waals surface area contributed by atoms with Gasteiger partial charge in [-0.05, 0) is 29.3 Å². The summed E-state index contributed by atoms with van der Waals surface area (Å²) in [7, 11) is 1.65. The summed E-state index contributed by atoms with van der Waals surface area (Å²) in [5, 5.41) is 12.3. The Hall–Kier alpha value is -1.90. The first-order valence-electron chi connectivity index (χ1n) is 10.3. The van der Waals surface area contributed by atoms with E-state index in [9.17, 15) is 4.39 Å². The zero-order valence-corrected chi connectivity index (χ0v) is 16.5. The van der Waals surface area contributed by atoms with Crippen LogP contribution in [0.15, 0.2) is 24.3 Å². The number of tetrazole rings is 1. The lowest BCUT2D eigenvalue weighted by Gasteiger charge is -2.41. The van der Waals surface area contributed by atoms with E-state index in [0.717, 1.165) is 32.2 Å². The molecule has 1 saturated heterocycles. The number of methoxy groups -OCH3 is 1. The maximum absolute atomic E-state index is 14.8. The van der Waals surface area contributed by atoms with Crippen molar-refractivity contribution in [2.75, 3.05) is 39.9 Å². The summed E-state index contributed by atoms with van der Waals surface area (Å²) in [4.78, 5) is 4.93. The van der Waals surface area contributed by atoms with Gasteiger partial charge in [0.15, 0.2) is 5.82 Å². The van der Waals surface area contributed by atoms with Crippen molar-refractivity contribution in [2.45, 2.75) is 44.3 Å². The van der Waals surface area contributed by atoms with Crippen molar-refractivity contribution in [2.24, 2.45) is 0 Å². The molecule has 1 aliphatic carbocycles. The van der Waals surface area contributed by atoms with Crippen molar-refractivity contribution in [3.05, 3.63) is 41.5 Å². The van der Waals surface area contributed by atoms with E-state index < -0.39 is 0 Å². The molecule has 0 amide bonds. The normalized spacial score (nSPS) is 20.6. The van der Waals surface area contributed by atoms with Crippen LogP contribution < -0.4 is 0 Å². The van der Waals surface area contributed by atoms with Crippen molar-refractivity contribution in [1.29, 1.82) is 0 Å². The molecular weight excluding hydrogens is 359 g/mol. The maximum Gasteiger partial charge on any atom is 0.173 e. The largest absolute Gasteiger partial charge is 0.383 e. The summed E-state index contributed by atoms with van der Waals surface area (Å²) < 4.78 is 21.7. The van der Waals surface area contributed by atoms with Gasteiger partial charge in [-0.2, -0.15) is 0 Å². The minimum atomic E-state index is -0.293. The first-order valence-corrected chi connectivity index (χ1v) is 10.3. The highest BCUT2D eigenvalue weighted by molar-refractivity contribution is 5.26. The third-order valence-corrected chi connectivity index (χ3v) is 6.07. The molecule has 7 nitrogen and oxygen atoms in total. The molecule has 0 N–H and O–H groups in total. The highest BCUT2D eigenvalue weighted by atomic mass is 19.1. The van der Waals surface area contributed by atoms with Crippen LogP contribution in [0.2, 0.25) is 0 Å². The van der Waals surface area contributed by atoms with Crippen molar-refractivity contribution in [3.8, 4) is 0 Å². The first kappa shape index (κ1) is 19.4. The van der Waals surface area contributed by atoms with Gasteiger partial charge in [-0.25, -0.2) is 9.07 Å². The molecule has 1 aromatic carbocycles. The molecule has 1 aromatic heterocycles. The van der Waals surface area contributed by atoms with Crippen LogP contribution in [0.3, 0.4) is 0 Å². The van der Waals surface area contributed by atoms with Gasteiger partial charge in [0, 0.05) is 44.9 Å². The van der Waals surface area contributed by atoms with Crippen LogP contribution in [0.25, 0.3) is 0 Å². The Balaban J connectivity index is 1.58. The van der Waals surface area contributed by atoms with Crippen LogP contribution in [-0.4, -0.2) is 75.9 Å². The summed E-state index contributed by atoms with van der Waals surface area (Å²) in [5.74, 6) is 0.462. The smallest absolute Gasteiger partial charge is 0.173 e. The Morgan fingerprint density at radius 3 is 2.61 bits per heavy atom. The average molecular weight is 388 g/mol. The number of nitrogens with zero attached hydrogens (tertiary/aromatic N) is 6. The third-order valence-electron chi connectivity index (χ3n) is 6.07. The molecule has 0 bridgehead atoms. The molecule has 2 fully saturated rings. The average Bonchev–Trinajstić information content (AvgIpc) is 3.41. The zero-order chi connectivity index (χ0) is 19.3. The van der Waals surface area contributed by atoms with Crippen molar-refractivity contribution in [3.63, 3.8) is 0 Å². The van der Waals surface area contributed by atoms with Crippen molar-refractivity contribution in [1.82, 2.24) is 30.0 Å². The Kier molecular flexibility index (Phi) is 6.29. The number of ether oxygens (including phenoxy) is 1. The van der Waals surface area contributed by atoms with Crippen LogP contribution in [0, 0.1) is 5.82 Å². The van der Waals surface area contributed by atoms with E-state index in [2.05, 4.69) is 25.3 Å². The molecule has 8 heteroatoms. The van der Waals surface area contributed by atoms with Gasteiger partial charge in [0.25, 0.3) is 0 Å². The lowest BCUT2D eigenvalue weighted by atomic mass is 10.0. The number of aromatic nitrogens is 4. The zero-order valence-electron chi connectivity index (χ0n) is 16.5. The van der Waals surface area contributed by atoms with Gasteiger partial charge in [0.05, 0.1) is 13.2 Å². The second kappa shape index (κ2) is 9.07. The molecule has 0 radical (unpaired) electrons. The number of hydrogen-bond acceptors (Lipinski definition) is 6. The second-order valence-electron chi connectivity index (χ2n) is 7.69. The molecule has 1 atom stereocenters. The van der Waals surface area contributed by atoms with E-state index in [-0.39, 0.29) is 11.9 Å². The minimum Gasteiger partial charge on any atom is -0.383 e. The van der Waals surface area contributed by atoms with E-state index >= 15 is 0 Å². The van der Waals surface area contributed by atoms with Gasteiger partial charge < -0.3 is 4.74 Å². The molecule has 2 aromatic rings. The lowest BCUT2D eigenvalue weighted by molar-refractivity contribution is 0.0754. The predicted octanol–water partition coefficient (Wildman–Crippen LogP) is 2.11. The maximum atomic E-state index is 14.8. The summed E-state index contributed by atoms with van der Waals surface area (Å²) >= 11 is 0. The van der Waals surface area contributed by atoms with Gasteiger partial charge in [-0.3, -0.25) is 9.80 Å². The number of piperazine rings is 1. The summed E-state index contributed by atoms with van der Waals surface area (Å²) in [6, 6.07) is 7.39. The lowest BCUT2D eigenvalue weighted by Crippen LogP contribution is -2.51. The predicted molar refractivity (Wildman–Crippen MR) is 103 cm³/mol. The standard InChI is InChI=1S/C20H29FN6O/c1-28-15-14-27-20(22-23-24-27)19(17-8-4-5-9-18(17)21)26-12-10-25(11-13-26)16-6-2-3-7-16/h4-5,8-9,16,19H,2-3,6-7,10-15H2,1H3. The van der Waals surface area contributed by atoms with Crippen LogP contribution in [0.5, 0.6) is 0 Å². The number of benzene rings is 1. The van der Waals surface area contributed by atoms with Crippen LogP contribution in [-0.2, 0) is 11.3 Å². The highest BCUT2D eigenvalue weighted by Gasteiger charge is 2.34. The molecule has 0 spiro atoms. The van der Waals surface area contributed by atoms with Gasteiger partial charge in [0.2, 0.25) is 0 Å². The summed E-state index contributed by atoms with van der Waals surface area (Å²) in [6.45, 7) is 4.84. The van der Waals surface area contributed by atoms with Gasteiger partial charge >= 0.3 is 0 Å². The molecule has 152 valence electrons. The van der Waals surface area contributed by atoms with E-state index in [1.54, 1.807) is 17.9 Å². The van der Waals surface area contributed by atoms with Crippen LogP contribution >= 0.6 is 0 Å². The highest BCUT2D eigenvalue weighted by Crippen LogP contribution is 2.31. The minimum absolute atomic E-state index is 0.216. The number of rotatable bonds is 7. The fourth-order valence-electron chi connectivity index (χ4n) is 4.57. The topological polar surface area (TPSA) is 59.3 Å². The molecular formula is C20H29FN6O. The summed E-state index contributed by atoms with van der Waals surface area (Å²) in [5.41, 5.74) is 0.630. The second-order valence-corrected chi connectivity index (χ2v) is 7.69. The van der Waals surface area contributed by atoms with Crippen molar-refractivity contribution < 1.29 is 9.13 Å². The fraction of sp³-hybridized carbons (Fsp3) is 0.650. The monoisotopic (exact) mass is 388 g/mol.